The Kier molecular flexibility index (Phi) is 7.25. The van der Waals surface area contributed by atoms with E-state index in [1.54, 1.807) is 23.1 Å². The summed E-state index contributed by atoms with van der Waals surface area (Å²) >= 11 is 0. The second kappa shape index (κ2) is 10.4. The highest BCUT2D eigenvalue weighted by Gasteiger charge is 2.26. The Labute approximate surface area is 204 Å². The van der Waals surface area contributed by atoms with Gasteiger partial charge in [0.05, 0.1) is 29.4 Å². The van der Waals surface area contributed by atoms with Gasteiger partial charge in [-0.2, -0.15) is 0 Å². The fraction of sp³-hybridized carbons (Fsp3) is 0.269. The van der Waals surface area contributed by atoms with Crippen LogP contribution in [0, 0.1) is 5.82 Å². The minimum Gasteiger partial charge on any atom is -0.490 e. The summed E-state index contributed by atoms with van der Waals surface area (Å²) in [6.45, 7) is 5.66. The first-order chi connectivity index (χ1) is 16.8. The molecule has 0 fully saturated rings. The highest BCUT2D eigenvalue weighted by molar-refractivity contribution is 7.92. The van der Waals surface area contributed by atoms with Crippen LogP contribution in [0.15, 0.2) is 65.6 Å². The van der Waals surface area contributed by atoms with Crippen LogP contribution in [0.5, 0.6) is 11.5 Å². The predicted molar refractivity (Wildman–Crippen MR) is 131 cm³/mol. The van der Waals surface area contributed by atoms with E-state index in [1.165, 1.54) is 18.2 Å². The number of anilines is 1. The maximum Gasteiger partial charge on any atom is 0.261 e. The van der Waals surface area contributed by atoms with Gasteiger partial charge in [0.2, 0.25) is 0 Å². The molecule has 0 bridgehead atoms. The lowest BCUT2D eigenvalue weighted by Crippen LogP contribution is -2.36. The normalized spacial score (nSPS) is 13.2. The van der Waals surface area contributed by atoms with Crippen LogP contribution in [-0.2, 0) is 23.0 Å². The van der Waals surface area contributed by atoms with Crippen molar-refractivity contribution < 1.29 is 27.1 Å². The molecule has 0 saturated carbocycles. The van der Waals surface area contributed by atoms with E-state index in [9.17, 15) is 17.6 Å². The van der Waals surface area contributed by atoms with E-state index in [0.717, 1.165) is 23.3 Å². The molecule has 4 rings (SSSR count). The molecule has 1 aliphatic heterocycles. The molecule has 9 heteroatoms. The van der Waals surface area contributed by atoms with Gasteiger partial charge in [-0.25, -0.2) is 12.8 Å². The number of halogens is 1. The Balaban J connectivity index is 1.59. The van der Waals surface area contributed by atoms with Crippen molar-refractivity contribution in [1.29, 1.82) is 0 Å². The third-order valence-corrected chi connectivity index (χ3v) is 7.07. The molecule has 1 amide bonds. The Bertz CT molecular complexity index is 1330. The Morgan fingerprint density at radius 3 is 2.26 bits per heavy atom. The fourth-order valence-corrected chi connectivity index (χ4v) is 5.10. The molecule has 0 unspecified atom stereocenters. The lowest BCUT2D eigenvalue weighted by Gasteiger charge is -2.30. The zero-order valence-corrected chi connectivity index (χ0v) is 20.4. The van der Waals surface area contributed by atoms with Crippen LogP contribution in [0.3, 0.4) is 0 Å². The number of nitrogens with one attached hydrogen (secondary N) is 1. The first kappa shape index (κ1) is 24.5. The number of hydrogen-bond acceptors (Lipinski definition) is 5. The van der Waals surface area contributed by atoms with E-state index in [1.807, 2.05) is 26.0 Å². The van der Waals surface area contributed by atoms with E-state index in [-0.39, 0.29) is 22.1 Å². The number of nitrogens with zero attached hydrogens (tertiary/aromatic N) is 1. The maximum atomic E-state index is 13.5. The lowest BCUT2D eigenvalue weighted by atomic mass is 9.98. The molecule has 0 spiro atoms. The van der Waals surface area contributed by atoms with Crippen LogP contribution in [0.1, 0.15) is 35.3 Å². The molecule has 184 valence electrons. The van der Waals surface area contributed by atoms with Crippen molar-refractivity contribution in [1.82, 2.24) is 4.90 Å². The number of carbonyl (C=O) groups is 1. The molecule has 3 aromatic carbocycles. The van der Waals surface area contributed by atoms with Gasteiger partial charge in [0.1, 0.15) is 5.82 Å². The van der Waals surface area contributed by atoms with Crippen molar-refractivity contribution in [3.8, 4) is 11.5 Å². The van der Waals surface area contributed by atoms with Crippen molar-refractivity contribution in [3.05, 3.63) is 83.2 Å². The quantitative estimate of drug-likeness (QED) is 0.490. The Morgan fingerprint density at radius 2 is 1.60 bits per heavy atom. The standard InChI is InChI=1S/C26H27FN2O5S/c1-3-33-24-15-18-13-14-29(17-19(18)16-25(24)34-4-2)26(30)22-7-5-6-8-23(22)28-35(31,32)21-11-9-20(27)10-12-21/h5-12,15-16,28H,3-4,13-14,17H2,1-2H3. The smallest absolute Gasteiger partial charge is 0.261 e. The van der Waals surface area contributed by atoms with Crippen molar-refractivity contribution in [2.24, 2.45) is 0 Å². The van der Waals surface area contributed by atoms with Crippen molar-refractivity contribution >= 4 is 21.6 Å². The number of amides is 1. The number of fused-ring (bicyclic) bond motifs is 1. The summed E-state index contributed by atoms with van der Waals surface area (Å²) < 4.78 is 52.8. The summed E-state index contributed by atoms with van der Waals surface area (Å²) in [5, 5.41) is 0. The summed E-state index contributed by atoms with van der Waals surface area (Å²) in [4.78, 5) is 15.1. The van der Waals surface area contributed by atoms with Crippen LogP contribution in [0.25, 0.3) is 0 Å². The second-order valence-electron chi connectivity index (χ2n) is 8.02. The van der Waals surface area contributed by atoms with Crippen molar-refractivity contribution in [2.75, 3.05) is 24.5 Å². The third kappa shape index (κ3) is 5.40. The molecule has 35 heavy (non-hydrogen) atoms. The monoisotopic (exact) mass is 498 g/mol. The minimum absolute atomic E-state index is 0.0957. The molecule has 0 aromatic heterocycles. The van der Waals surface area contributed by atoms with Gasteiger partial charge in [-0.1, -0.05) is 12.1 Å². The molecule has 0 atom stereocenters. The van der Waals surface area contributed by atoms with Gasteiger partial charge in [0, 0.05) is 13.1 Å². The zero-order chi connectivity index (χ0) is 25.0. The number of para-hydroxylation sites is 1. The first-order valence-corrected chi connectivity index (χ1v) is 12.9. The molecular weight excluding hydrogens is 471 g/mol. The average molecular weight is 499 g/mol. The molecule has 3 aromatic rings. The van der Waals surface area contributed by atoms with Crippen molar-refractivity contribution in [3.63, 3.8) is 0 Å². The summed E-state index contributed by atoms with van der Waals surface area (Å²) in [5.41, 5.74) is 2.44. The highest BCUT2D eigenvalue weighted by Crippen LogP contribution is 2.34. The Hall–Kier alpha value is -3.59. The van der Waals surface area contributed by atoms with E-state index in [4.69, 9.17) is 9.47 Å². The van der Waals surface area contributed by atoms with E-state index in [0.29, 0.717) is 44.2 Å². The maximum absolute atomic E-state index is 13.5. The number of ether oxygens (including phenoxy) is 2. The van der Waals surface area contributed by atoms with Crippen LogP contribution in [-0.4, -0.2) is 39.0 Å². The number of sulfonamides is 1. The van der Waals surface area contributed by atoms with Gasteiger partial charge >= 0.3 is 0 Å². The summed E-state index contributed by atoms with van der Waals surface area (Å²) in [7, 11) is -4.01. The minimum atomic E-state index is -4.01. The lowest BCUT2D eigenvalue weighted by molar-refractivity contribution is 0.0735. The van der Waals surface area contributed by atoms with E-state index < -0.39 is 15.8 Å². The molecule has 1 N–H and O–H groups in total. The van der Waals surface area contributed by atoms with Crippen LogP contribution in [0.2, 0.25) is 0 Å². The van der Waals surface area contributed by atoms with E-state index in [2.05, 4.69) is 4.72 Å². The summed E-state index contributed by atoms with van der Waals surface area (Å²) in [6, 6.07) is 14.8. The van der Waals surface area contributed by atoms with Gasteiger partial charge in [-0.05, 0) is 79.9 Å². The van der Waals surface area contributed by atoms with Crippen LogP contribution in [0.4, 0.5) is 10.1 Å². The number of rotatable bonds is 8. The number of hydrogen-bond donors (Lipinski definition) is 1. The topological polar surface area (TPSA) is 84.9 Å². The van der Waals surface area contributed by atoms with Gasteiger partial charge < -0.3 is 14.4 Å². The van der Waals surface area contributed by atoms with Crippen molar-refractivity contribution in [2.45, 2.75) is 31.7 Å². The third-order valence-electron chi connectivity index (χ3n) is 5.69. The summed E-state index contributed by atoms with van der Waals surface area (Å²) in [5.74, 6) is 0.494. The average Bonchev–Trinajstić information content (AvgIpc) is 2.84. The van der Waals surface area contributed by atoms with Gasteiger partial charge in [-0.15, -0.1) is 0 Å². The molecule has 0 aliphatic carbocycles. The molecular formula is C26H27FN2O5S. The molecule has 0 saturated heterocycles. The fourth-order valence-electron chi connectivity index (χ4n) is 4.02. The largest absolute Gasteiger partial charge is 0.490 e. The zero-order valence-electron chi connectivity index (χ0n) is 19.6. The first-order valence-electron chi connectivity index (χ1n) is 11.4. The summed E-state index contributed by atoms with van der Waals surface area (Å²) in [6.07, 6.45) is 0.636. The van der Waals surface area contributed by atoms with Crippen LogP contribution >= 0.6 is 0 Å². The molecule has 0 radical (unpaired) electrons. The van der Waals surface area contributed by atoms with E-state index >= 15 is 0 Å². The predicted octanol–water partition coefficient (Wildman–Crippen LogP) is 4.62. The SMILES string of the molecule is CCOc1cc2c(cc1OCC)CN(C(=O)c1ccccc1NS(=O)(=O)c1ccc(F)cc1)CC2. The Morgan fingerprint density at radius 1 is 0.971 bits per heavy atom. The highest BCUT2D eigenvalue weighted by atomic mass is 32.2. The number of benzene rings is 3. The number of carbonyl (C=O) groups excluding carboxylic acids is 1. The van der Waals surface area contributed by atoms with Crippen LogP contribution < -0.4 is 14.2 Å². The van der Waals surface area contributed by atoms with Gasteiger partial charge in [0.25, 0.3) is 15.9 Å². The van der Waals surface area contributed by atoms with Gasteiger partial charge in [-0.3, -0.25) is 9.52 Å². The van der Waals surface area contributed by atoms with Gasteiger partial charge in [0.15, 0.2) is 11.5 Å². The second-order valence-corrected chi connectivity index (χ2v) is 9.70. The molecule has 1 heterocycles. The molecule has 1 aliphatic rings. The molecule has 7 nitrogen and oxygen atoms in total.